The van der Waals surface area contributed by atoms with Crippen molar-refractivity contribution in [3.05, 3.63) is 35.4 Å². The zero-order valence-electron chi connectivity index (χ0n) is 11.7. The van der Waals surface area contributed by atoms with E-state index in [1.807, 2.05) is 0 Å². The number of hydrogen-bond acceptors (Lipinski definition) is 1. The number of rotatable bonds is 3. The monoisotopic (exact) mass is 267 g/mol. The maximum atomic E-state index is 14.0. The predicted octanol–water partition coefficient (Wildman–Crippen LogP) is 4.08. The van der Waals surface area contributed by atoms with E-state index in [4.69, 9.17) is 5.73 Å². The Hall–Kier alpha value is -0.960. The molecule has 0 amide bonds. The van der Waals surface area contributed by atoms with E-state index in [1.54, 1.807) is 12.1 Å². The molecule has 0 radical (unpaired) electrons. The smallest absolute Gasteiger partial charge is 0.162 e. The van der Waals surface area contributed by atoms with E-state index in [0.29, 0.717) is 23.9 Å². The van der Waals surface area contributed by atoms with Gasteiger partial charge in [-0.25, -0.2) is 8.78 Å². The predicted molar refractivity (Wildman–Crippen MR) is 73.8 cm³/mol. The van der Waals surface area contributed by atoms with Gasteiger partial charge in [-0.05, 0) is 61.1 Å². The standard InChI is InChI=1S/C16H23F2N/c1-10(2)11-6-7-12(9-19)14(8-11)13-4-3-5-15(17)16(13)18/h3-5,10-12,14H,6-9,19H2,1-2H3. The molecule has 1 aliphatic carbocycles. The van der Waals surface area contributed by atoms with Crippen LogP contribution in [0.2, 0.25) is 0 Å². The fraction of sp³-hybridized carbons (Fsp3) is 0.625. The van der Waals surface area contributed by atoms with Gasteiger partial charge in [0.15, 0.2) is 11.6 Å². The van der Waals surface area contributed by atoms with Crippen LogP contribution in [0.15, 0.2) is 18.2 Å². The van der Waals surface area contributed by atoms with Crippen LogP contribution in [0.25, 0.3) is 0 Å². The van der Waals surface area contributed by atoms with Gasteiger partial charge in [0.1, 0.15) is 0 Å². The van der Waals surface area contributed by atoms with Gasteiger partial charge in [-0.3, -0.25) is 0 Å². The van der Waals surface area contributed by atoms with E-state index in [9.17, 15) is 8.78 Å². The van der Waals surface area contributed by atoms with E-state index in [2.05, 4.69) is 13.8 Å². The van der Waals surface area contributed by atoms with Crippen LogP contribution in [0.4, 0.5) is 8.78 Å². The molecular weight excluding hydrogens is 244 g/mol. The normalized spacial score (nSPS) is 27.8. The first kappa shape index (κ1) is 14.4. The van der Waals surface area contributed by atoms with Gasteiger partial charge >= 0.3 is 0 Å². The Bertz CT molecular complexity index is 431. The Morgan fingerprint density at radius 1 is 1.26 bits per heavy atom. The molecule has 19 heavy (non-hydrogen) atoms. The van der Waals surface area contributed by atoms with Gasteiger partial charge in [-0.1, -0.05) is 26.0 Å². The molecule has 3 unspecified atom stereocenters. The molecule has 0 saturated heterocycles. The second-order valence-corrected chi connectivity index (χ2v) is 6.06. The van der Waals surface area contributed by atoms with Crippen molar-refractivity contribution in [3.63, 3.8) is 0 Å². The molecule has 2 rings (SSSR count). The lowest BCUT2D eigenvalue weighted by molar-refractivity contribution is 0.194. The molecule has 1 fully saturated rings. The molecular formula is C16H23F2N. The summed E-state index contributed by atoms with van der Waals surface area (Å²) in [4.78, 5) is 0. The molecule has 0 heterocycles. The summed E-state index contributed by atoms with van der Waals surface area (Å²) in [5.74, 6) is 0.0526. The van der Waals surface area contributed by atoms with Crippen molar-refractivity contribution in [2.24, 2.45) is 23.5 Å². The molecule has 0 aromatic heterocycles. The van der Waals surface area contributed by atoms with Crippen LogP contribution in [0.3, 0.4) is 0 Å². The average molecular weight is 267 g/mol. The van der Waals surface area contributed by atoms with Crippen LogP contribution in [-0.2, 0) is 0 Å². The Labute approximate surface area is 114 Å². The first-order valence-electron chi connectivity index (χ1n) is 7.18. The summed E-state index contributed by atoms with van der Waals surface area (Å²) in [7, 11) is 0. The van der Waals surface area contributed by atoms with Gasteiger partial charge in [-0.15, -0.1) is 0 Å². The maximum Gasteiger partial charge on any atom is 0.162 e. The Balaban J connectivity index is 2.30. The van der Waals surface area contributed by atoms with E-state index >= 15 is 0 Å². The second kappa shape index (κ2) is 6.00. The third-order valence-corrected chi connectivity index (χ3v) is 4.66. The van der Waals surface area contributed by atoms with Crippen molar-refractivity contribution in [1.29, 1.82) is 0 Å². The fourth-order valence-corrected chi connectivity index (χ4v) is 3.34. The Morgan fingerprint density at radius 3 is 2.63 bits per heavy atom. The summed E-state index contributed by atoms with van der Waals surface area (Å²) >= 11 is 0. The summed E-state index contributed by atoms with van der Waals surface area (Å²) in [6.45, 7) is 4.95. The van der Waals surface area contributed by atoms with E-state index in [-0.39, 0.29) is 11.8 Å². The van der Waals surface area contributed by atoms with Crippen molar-refractivity contribution in [1.82, 2.24) is 0 Å². The van der Waals surface area contributed by atoms with Gasteiger partial charge in [-0.2, -0.15) is 0 Å². The number of halogens is 2. The van der Waals surface area contributed by atoms with Crippen molar-refractivity contribution in [3.8, 4) is 0 Å². The first-order valence-corrected chi connectivity index (χ1v) is 7.18. The number of hydrogen-bond donors (Lipinski definition) is 1. The lowest BCUT2D eigenvalue weighted by atomic mass is 9.68. The molecule has 3 atom stereocenters. The van der Waals surface area contributed by atoms with Gasteiger partial charge < -0.3 is 5.73 Å². The SMILES string of the molecule is CC(C)C1CCC(CN)C(c2cccc(F)c2F)C1. The van der Waals surface area contributed by atoms with Crippen LogP contribution in [0.5, 0.6) is 0 Å². The fourth-order valence-electron chi connectivity index (χ4n) is 3.34. The minimum atomic E-state index is -0.750. The van der Waals surface area contributed by atoms with Crippen molar-refractivity contribution < 1.29 is 8.78 Å². The largest absolute Gasteiger partial charge is 0.330 e. The third kappa shape index (κ3) is 2.97. The van der Waals surface area contributed by atoms with Gasteiger partial charge in [0, 0.05) is 0 Å². The summed E-state index contributed by atoms with van der Waals surface area (Å²) in [5.41, 5.74) is 6.34. The van der Waals surface area contributed by atoms with Crippen LogP contribution in [0.1, 0.15) is 44.6 Å². The van der Waals surface area contributed by atoms with Gasteiger partial charge in [0.25, 0.3) is 0 Å². The van der Waals surface area contributed by atoms with Crippen molar-refractivity contribution in [2.45, 2.75) is 39.0 Å². The zero-order valence-corrected chi connectivity index (χ0v) is 11.7. The Kier molecular flexibility index (Phi) is 4.56. The highest BCUT2D eigenvalue weighted by Crippen LogP contribution is 2.43. The third-order valence-electron chi connectivity index (χ3n) is 4.66. The molecule has 1 saturated carbocycles. The molecule has 1 aromatic rings. The van der Waals surface area contributed by atoms with Crippen molar-refractivity contribution in [2.75, 3.05) is 6.54 Å². The average Bonchev–Trinajstić information content (AvgIpc) is 2.41. The van der Waals surface area contributed by atoms with E-state index in [1.165, 1.54) is 6.07 Å². The maximum absolute atomic E-state index is 14.0. The minimum Gasteiger partial charge on any atom is -0.330 e. The van der Waals surface area contributed by atoms with Crippen LogP contribution >= 0.6 is 0 Å². The molecule has 0 spiro atoms. The molecule has 106 valence electrons. The minimum absolute atomic E-state index is 0.0573. The molecule has 0 bridgehead atoms. The van der Waals surface area contributed by atoms with E-state index < -0.39 is 11.6 Å². The highest BCUT2D eigenvalue weighted by molar-refractivity contribution is 5.24. The molecule has 3 heteroatoms. The lowest BCUT2D eigenvalue weighted by Gasteiger charge is -2.37. The molecule has 1 aromatic carbocycles. The molecule has 2 N–H and O–H groups in total. The molecule has 0 aliphatic heterocycles. The van der Waals surface area contributed by atoms with Crippen LogP contribution in [-0.4, -0.2) is 6.54 Å². The van der Waals surface area contributed by atoms with Crippen LogP contribution < -0.4 is 5.73 Å². The molecule has 1 aliphatic rings. The first-order chi connectivity index (χ1) is 9.04. The number of benzene rings is 1. The van der Waals surface area contributed by atoms with E-state index in [0.717, 1.165) is 19.3 Å². The van der Waals surface area contributed by atoms with Crippen molar-refractivity contribution >= 4 is 0 Å². The van der Waals surface area contributed by atoms with Gasteiger partial charge in [0.05, 0.1) is 0 Å². The quantitative estimate of drug-likeness (QED) is 0.877. The molecule has 1 nitrogen and oxygen atoms in total. The highest BCUT2D eigenvalue weighted by atomic mass is 19.2. The summed E-state index contributed by atoms with van der Waals surface area (Å²) < 4.78 is 27.4. The van der Waals surface area contributed by atoms with Gasteiger partial charge in [0.2, 0.25) is 0 Å². The topological polar surface area (TPSA) is 26.0 Å². The summed E-state index contributed by atoms with van der Waals surface area (Å²) in [6.07, 6.45) is 3.08. The number of nitrogens with two attached hydrogens (primary N) is 1. The Morgan fingerprint density at radius 2 is 2.00 bits per heavy atom. The summed E-state index contributed by atoms with van der Waals surface area (Å²) in [5, 5.41) is 0. The highest BCUT2D eigenvalue weighted by Gasteiger charge is 2.33. The second-order valence-electron chi connectivity index (χ2n) is 6.06. The lowest BCUT2D eigenvalue weighted by Crippen LogP contribution is -2.31. The summed E-state index contributed by atoms with van der Waals surface area (Å²) in [6, 6.07) is 4.49. The van der Waals surface area contributed by atoms with Crippen LogP contribution in [0, 0.1) is 29.4 Å². The zero-order chi connectivity index (χ0) is 14.0.